The molecule has 0 unspecified atom stereocenters. The number of nitrogens with zero attached hydrogens (tertiary/aromatic N) is 3. The van der Waals surface area contributed by atoms with Crippen molar-refractivity contribution >= 4 is 11.0 Å². The van der Waals surface area contributed by atoms with Crippen LogP contribution in [0.5, 0.6) is 0 Å². The van der Waals surface area contributed by atoms with Gasteiger partial charge in [-0.3, -0.25) is 4.98 Å². The number of hydrogen-bond donors (Lipinski definition) is 1. The van der Waals surface area contributed by atoms with E-state index < -0.39 is 0 Å². The molecule has 3 rings (SSSR count). The monoisotopic (exact) mass is 226 g/mol. The molecule has 84 valence electrons. The highest BCUT2D eigenvalue weighted by Crippen LogP contribution is 2.17. The van der Waals surface area contributed by atoms with Crippen LogP contribution in [0.3, 0.4) is 0 Å². The molecule has 0 radical (unpaired) electrons. The minimum atomic E-state index is -0.366. The average molecular weight is 226 g/mol. The van der Waals surface area contributed by atoms with E-state index in [0.29, 0.717) is 5.65 Å². The third-order valence-electron chi connectivity index (χ3n) is 2.64. The van der Waals surface area contributed by atoms with Gasteiger partial charge < -0.3 is 0 Å². The molecule has 0 aliphatic carbocycles. The lowest BCUT2D eigenvalue weighted by Crippen LogP contribution is -2.10. The number of benzene rings is 1. The lowest BCUT2D eigenvalue weighted by Gasteiger charge is -2.01. The molecule has 2 aromatic heterocycles. The number of aromatic nitrogens is 4. The molecule has 0 bridgehead atoms. The number of fused-ring (bicyclic) bond motifs is 1. The van der Waals surface area contributed by atoms with Crippen LogP contribution in [-0.2, 0) is 0 Å². The van der Waals surface area contributed by atoms with E-state index in [4.69, 9.17) is 0 Å². The quantitative estimate of drug-likeness (QED) is 0.682. The zero-order chi connectivity index (χ0) is 11.8. The maximum atomic E-state index is 11.3. The summed E-state index contributed by atoms with van der Waals surface area (Å²) < 4.78 is 1.72. The van der Waals surface area contributed by atoms with Gasteiger partial charge in [-0.05, 0) is 19.1 Å². The molecule has 0 saturated carbocycles. The van der Waals surface area contributed by atoms with Crippen molar-refractivity contribution in [2.45, 2.75) is 6.92 Å². The maximum Gasteiger partial charge on any atom is 0.346 e. The number of para-hydroxylation sites is 1. The minimum Gasteiger partial charge on any atom is -0.290 e. The topological polar surface area (TPSA) is 63.6 Å². The Labute approximate surface area is 96.7 Å². The summed E-state index contributed by atoms with van der Waals surface area (Å²) in [4.78, 5) is 17.7. The highest BCUT2D eigenvalue weighted by atomic mass is 16.1. The van der Waals surface area contributed by atoms with Crippen molar-refractivity contribution < 1.29 is 0 Å². The summed E-state index contributed by atoms with van der Waals surface area (Å²) in [5.41, 5.74) is 2.06. The Morgan fingerprint density at radius 3 is 2.76 bits per heavy atom. The first-order valence-corrected chi connectivity index (χ1v) is 5.26. The van der Waals surface area contributed by atoms with Gasteiger partial charge in [0.15, 0.2) is 0 Å². The summed E-state index contributed by atoms with van der Waals surface area (Å²) >= 11 is 0. The molecule has 0 saturated heterocycles. The van der Waals surface area contributed by atoms with Crippen molar-refractivity contribution in [3.05, 3.63) is 52.7 Å². The van der Waals surface area contributed by atoms with Crippen LogP contribution in [0.2, 0.25) is 0 Å². The van der Waals surface area contributed by atoms with Crippen molar-refractivity contribution in [2.75, 3.05) is 0 Å². The predicted molar refractivity (Wildman–Crippen MR) is 64.2 cm³/mol. The molecule has 1 aromatic carbocycles. The molecule has 0 spiro atoms. The summed E-state index contributed by atoms with van der Waals surface area (Å²) in [5, 5.41) is 5.26. The standard InChI is InChI=1S/C12H10N4O/c1-8-10-7-13-12(17)14-11(10)16(15-8)9-5-3-2-4-6-9/h2-7H,1H3,(H,13,14,17). The molecule has 1 N–H and O–H groups in total. The lowest BCUT2D eigenvalue weighted by atomic mass is 10.3. The van der Waals surface area contributed by atoms with Gasteiger partial charge >= 0.3 is 5.69 Å². The van der Waals surface area contributed by atoms with E-state index in [1.54, 1.807) is 10.9 Å². The molecule has 5 nitrogen and oxygen atoms in total. The first-order chi connectivity index (χ1) is 8.25. The molecule has 0 atom stereocenters. The van der Waals surface area contributed by atoms with E-state index in [9.17, 15) is 4.79 Å². The van der Waals surface area contributed by atoms with Gasteiger partial charge in [0.05, 0.1) is 16.8 Å². The predicted octanol–water partition coefficient (Wildman–Crippen LogP) is 1.42. The molecule has 0 aliphatic rings. The summed E-state index contributed by atoms with van der Waals surface area (Å²) in [7, 11) is 0. The van der Waals surface area contributed by atoms with Gasteiger partial charge in [0, 0.05) is 6.20 Å². The van der Waals surface area contributed by atoms with E-state index in [2.05, 4.69) is 15.1 Å². The van der Waals surface area contributed by atoms with Crippen molar-refractivity contribution in [3.8, 4) is 5.69 Å². The van der Waals surface area contributed by atoms with E-state index in [1.807, 2.05) is 37.3 Å². The second kappa shape index (κ2) is 3.55. The first kappa shape index (κ1) is 9.77. The zero-order valence-corrected chi connectivity index (χ0v) is 9.21. The molecule has 3 aromatic rings. The van der Waals surface area contributed by atoms with Crippen molar-refractivity contribution in [2.24, 2.45) is 0 Å². The number of aryl methyl sites for hydroxylation is 1. The molecule has 0 fully saturated rings. The fraction of sp³-hybridized carbons (Fsp3) is 0.0833. The van der Waals surface area contributed by atoms with Crippen LogP contribution in [0.25, 0.3) is 16.7 Å². The number of aromatic amines is 1. The Morgan fingerprint density at radius 2 is 2.00 bits per heavy atom. The molecular weight excluding hydrogens is 216 g/mol. The van der Waals surface area contributed by atoms with Crippen LogP contribution >= 0.6 is 0 Å². The van der Waals surface area contributed by atoms with Crippen LogP contribution in [-0.4, -0.2) is 19.7 Å². The van der Waals surface area contributed by atoms with Crippen molar-refractivity contribution in [1.29, 1.82) is 0 Å². The third kappa shape index (κ3) is 1.52. The highest BCUT2D eigenvalue weighted by Gasteiger charge is 2.09. The number of nitrogens with one attached hydrogen (secondary N) is 1. The Morgan fingerprint density at radius 1 is 1.24 bits per heavy atom. The van der Waals surface area contributed by atoms with Gasteiger partial charge in [0.2, 0.25) is 0 Å². The van der Waals surface area contributed by atoms with E-state index >= 15 is 0 Å². The Bertz CT molecular complexity index is 727. The van der Waals surface area contributed by atoms with E-state index in [1.165, 1.54) is 0 Å². The third-order valence-corrected chi connectivity index (χ3v) is 2.64. The first-order valence-electron chi connectivity index (χ1n) is 5.26. The van der Waals surface area contributed by atoms with Crippen LogP contribution in [0.15, 0.2) is 41.3 Å². The fourth-order valence-corrected chi connectivity index (χ4v) is 1.83. The molecule has 2 heterocycles. The van der Waals surface area contributed by atoms with E-state index in [0.717, 1.165) is 16.8 Å². The van der Waals surface area contributed by atoms with Crippen LogP contribution < -0.4 is 5.69 Å². The van der Waals surface area contributed by atoms with Gasteiger partial charge in [0.1, 0.15) is 5.65 Å². The Hall–Kier alpha value is -2.43. The van der Waals surface area contributed by atoms with Crippen LogP contribution in [0, 0.1) is 6.92 Å². The molecule has 0 aliphatic heterocycles. The molecular formula is C12H10N4O. The average Bonchev–Trinajstić information content (AvgIpc) is 2.67. The zero-order valence-electron chi connectivity index (χ0n) is 9.21. The Kier molecular flexibility index (Phi) is 2.04. The number of H-pyrrole nitrogens is 1. The minimum absolute atomic E-state index is 0.366. The summed E-state index contributed by atoms with van der Waals surface area (Å²) in [6.07, 6.45) is 1.55. The second-order valence-corrected chi connectivity index (χ2v) is 3.78. The van der Waals surface area contributed by atoms with Gasteiger partial charge in [-0.1, -0.05) is 18.2 Å². The summed E-state index contributed by atoms with van der Waals surface area (Å²) in [5.74, 6) is 0. The van der Waals surface area contributed by atoms with Crippen LogP contribution in [0.1, 0.15) is 5.69 Å². The van der Waals surface area contributed by atoms with Gasteiger partial charge in [0.25, 0.3) is 0 Å². The lowest BCUT2D eigenvalue weighted by molar-refractivity contribution is 0.873. The van der Waals surface area contributed by atoms with Crippen LogP contribution in [0.4, 0.5) is 0 Å². The number of hydrogen-bond acceptors (Lipinski definition) is 3. The van der Waals surface area contributed by atoms with Gasteiger partial charge in [-0.15, -0.1) is 0 Å². The number of rotatable bonds is 1. The van der Waals surface area contributed by atoms with Crippen molar-refractivity contribution in [1.82, 2.24) is 19.7 Å². The molecule has 0 amide bonds. The summed E-state index contributed by atoms with van der Waals surface area (Å²) in [6, 6.07) is 9.66. The largest absolute Gasteiger partial charge is 0.346 e. The van der Waals surface area contributed by atoms with Gasteiger partial charge in [-0.2, -0.15) is 5.10 Å². The van der Waals surface area contributed by atoms with E-state index in [-0.39, 0.29) is 5.69 Å². The normalized spacial score (nSPS) is 10.9. The SMILES string of the molecule is Cc1nn(-c2ccccc2)c2[nH]c(=O)ncc12. The second-order valence-electron chi connectivity index (χ2n) is 3.78. The van der Waals surface area contributed by atoms with Gasteiger partial charge in [-0.25, -0.2) is 14.5 Å². The Balaban J connectivity index is 2.38. The molecule has 17 heavy (non-hydrogen) atoms. The molecule has 5 heteroatoms. The van der Waals surface area contributed by atoms with Crippen molar-refractivity contribution in [3.63, 3.8) is 0 Å². The fourth-order valence-electron chi connectivity index (χ4n) is 1.83. The maximum absolute atomic E-state index is 11.3. The summed E-state index contributed by atoms with van der Waals surface area (Å²) in [6.45, 7) is 1.89. The highest BCUT2D eigenvalue weighted by molar-refractivity contribution is 5.78. The smallest absolute Gasteiger partial charge is 0.290 e.